The van der Waals surface area contributed by atoms with Crippen LogP contribution in [-0.2, 0) is 6.54 Å². The zero-order chi connectivity index (χ0) is 8.55. The van der Waals surface area contributed by atoms with Crippen LogP contribution in [0.4, 0.5) is 9.18 Å². The fraction of sp³-hybridized carbons (Fsp3) is 0.125. The van der Waals surface area contributed by atoms with Gasteiger partial charge in [0.1, 0.15) is 11.6 Å². The third-order valence-corrected chi connectivity index (χ3v) is 1.66. The minimum Gasteiger partial charge on any atom is -0.410 e. The second kappa shape index (κ2) is 2.48. The molecule has 1 aliphatic rings. The summed E-state index contributed by atoms with van der Waals surface area (Å²) in [6.45, 7) is 0.397. The van der Waals surface area contributed by atoms with Crippen molar-refractivity contribution in [3.63, 3.8) is 0 Å². The molecule has 1 amide bonds. The van der Waals surface area contributed by atoms with Crippen LogP contribution in [0.3, 0.4) is 0 Å². The molecule has 0 aromatic heterocycles. The van der Waals surface area contributed by atoms with Crippen molar-refractivity contribution in [2.24, 2.45) is 0 Å². The molecule has 12 heavy (non-hydrogen) atoms. The molecule has 0 unspecified atom stereocenters. The first-order chi connectivity index (χ1) is 5.75. The second-order valence-electron chi connectivity index (χ2n) is 2.50. The van der Waals surface area contributed by atoms with Crippen LogP contribution in [0.2, 0.25) is 0 Å². The van der Waals surface area contributed by atoms with E-state index in [4.69, 9.17) is 4.74 Å². The van der Waals surface area contributed by atoms with E-state index in [2.05, 4.69) is 5.32 Å². The molecule has 0 aliphatic carbocycles. The first-order valence-electron chi connectivity index (χ1n) is 3.50. The highest BCUT2D eigenvalue weighted by Gasteiger charge is 2.15. The van der Waals surface area contributed by atoms with Crippen LogP contribution in [-0.4, -0.2) is 6.09 Å². The predicted octanol–water partition coefficient (Wildman–Crippen LogP) is 1.43. The zero-order valence-corrected chi connectivity index (χ0v) is 6.13. The molecular weight excluding hydrogens is 161 g/mol. The normalized spacial score (nSPS) is 14.6. The second-order valence-corrected chi connectivity index (χ2v) is 2.50. The van der Waals surface area contributed by atoms with Crippen molar-refractivity contribution in [2.75, 3.05) is 0 Å². The van der Waals surface area contributed by atoms with Gasteiger partial charge in [-0.3, -0.25) is 0 Å². The van der Waals surface area contributed by atoms with Crippen molar-refractivity contribution in [1.29, 1.82) is 0 Å². The maximum atomic E-state index is 12.6. The highest BCUT2D eigenvalue weighted by atomic mass is 19.1. The van der Waals surface area contributed by atoms with Gasteiger partial charge >= 0.3 is 6.09 Å². The van der Waals surface area contributed by atoms with Crippen LogP contribution >= 0.6 is 0 Å². The summed E-state index contributed by atoms with van der Waals surface area (Å²) >= 11 is 0. The van der Waals surface area contributed by atoms with Gasteiger partial charge in [0, 0.05) is 18.2 Å². The molecule has 1 heterocycles. The van der Waals surface area contributed by atoms with Crippen molar-refractivity contribution in [2.45, 2.75) is 6.54 Å². The van der Waals surface area contributed by atoms with E-state index in [0.29, 0.717) is 12.3 Å². The van der Waals surface area contributed by atoms with Crippen molar-refractivity contribution in [1.82, 2.24) is 5.32 Å². The Morgan fingerprint density at radius 2 is 2.33 bits per heavy atom. The number of hydrogen-bond acceptors (Lipinski definition) is 2. The lowest BCUT2D eigenvalue weighted by atomic mass is 10.2. The van der Waals surface area contributed by atoms with Crippen LogP contribution in [0.1, 0.15) is 5.56 Å². The monoisotopic (exact) mass is 167 g/mol. The number of rotatable bonds is 0. The molecule has 1 aromatic carbocycles. The summed E-state index contributed by atoms with van der Waals surface area (Å²) in [4.78, 5) is 10.7. The van der Waals surface area contributed by atoms with E-state index in [9.17, 15) is 9.18 Å². The largest absolute Gasteiger partial charge is 0.412 e. The maximum absolute atomic E-state index is 12.6. The smallest absolute Gasteiger partial charge is 0.410 e. The molecule has 0 spiro atoms. The summed E-state index contributed by atoms with van der Waals surface area (Å²) in [6.07, 6.45) is -0.534. The molecule has 2 rings (SSSR count). The molecule has 0 saturated carbocycles. The molecule has 3 nitrogen and oxygen atoms in total. The van der Waals surface area contributed by atoms with Gasteiger partial charge in [-0.2, -0.15) is 0 Å². The Bertz CT molecular complexity index is 338. The van der Waals surface area contributed by atoms with Crippen LogP contribution in [0.25, 0.3) is 0 Å². The van der Waals surface area contributed by atoms with E-state index in [1.807, 2.05) is 0 Å². The van der Waals surface area contributed by atoms with Gasteiger partial charge in [-0.05, 0) is 6.07 Å². The average molecular weight is 167 g/mol. The van der Waals surface area contributed by atoms with E-state index in [0.717, 1.165) is 5.56 Å². The topological polar surface area (TPSA) is 38.3 Å². The molecular formula is C8H6FNO2. The Hall–Kier alpha value is -1.58. The number of carbonyl (C=O) groups excluding carboxylic acids is 1. The summed E-state index contributed by atoms with van der Waals surface area (Å²) in [5, 5.41) is 2.47. The van der Waals surface area contributed by atoms with Crippen molar-refractivity contribution < 1.29 is 13.9 Å². The van der Waals surface area contributed by atoms with Crippen LogP contribution in [0.5, 0.6) is 5.75 Å². The lowest BCUT2D eigenvalue weighted by molar-refractivity contribution is 0.194. The van der Waals surface area contributed by atoms with Crippen LogP contribution in [0.15, 0.2) is 18.2 Å². The fourth-order valence-corrected chi connectivity index (χ4v) is 1.07. The number of fused-ring (bicyclic) bond motifs is 1. The number of hydrogen-bond donors (Lipinski definition) is 1. The number of amides is 1. The Kier molecular flexibility index (Phi) is 1.46. The third-order valence-electron chi connectivity index (χ3n) is 1.66. The Morgan fingerprint density at radius 3 is 3.17 bits per heavy atom. The summed E-state index contributed by atoms with van der Waals surface area (Å²) in [5.74, 6) is -0.0952. The zero-order valence-electron chi connectivity index (χ0n) is 6.13. The lowest BCUT2D eigenvalue weighted by Crippen LogP contribution is -2.31. The fourth-order valence-electron chi connectivity index (χ4n) is 1.07. The number of halogens is 1. The van der Waals surface area contributed by atoms with Gasteiger partial charge in [-0.1, -0.05) is 6.07 Å². The third kappa shape index (κ3) is 1.11. The molecule has 0 fully saturated rings. The minimum atomic E-state index is -0.534. The number of nitrogens with one attached hydrogen (secondary N) is 1. The molecule has 4 heteroatoms. The number of carbonyl (C=O) groups is 1. The molecule has 1 aromatic rings. The van der Waals surface area contributed by atoms with E-state index >= 15 is 0 Å². The van der Waals surface area contributed by atoms with Crippen LogP contribution < -0.4 is 10.1 Å². The summed E-state index contributed by atoms with van der Waals surface area (Å²) in [6, 6.07) is 4.12. The highest BCUT2D eigenvalue weighted by molar-refractivity contribution is 5.72. The van der Waals surface area contributed by atoms with Crippen molar-refractivity contribution >= 4 is 6.09 Å². The average Bonchev–Trinajstić information content (AvgIpc) is 2.03. The Labute approximate surface area is 68.1 Å². The van der Waals surface area contributed by atoms with E-state index in [1.54, 1.807) is 6.07 Å². The summed E-state index contributed by atoms with van der Waals surface area (Å²) in [5.41, 5.74) is 0.788. The van der Waals surface area contributed by atoms with Crippen molar-refractivity contribution in [3.05, 3.63) is 29.6 Å². The van der Waals surface area contributed by atoms with Crippen LogP contribution in [0, 0.1) is 5.82 Å². The SMILES string of the molecule is O=C1NCc2ccc(F)cc2O1. The standard InChI is InChI=1S/C8H6FNO2/c9-6-2-1-5-4-10-8(11)12-7(5)3-6/h1-3H,4H2,(H,10,11). The summed E-state index contributed by atoms with van der Waals surface area (Å²) in [7, 11) is 0. The van der Waals surface area contributed by atoms with E-state index < -0.39 is 11.9 Å². The summed E-state index contributed by atoms with van der Waals surface area (Å²) < 4.78 is 17.3. The van der Waals surface area contributed by atoms with Gasteiger partial charge < -0.3 is 10.1 Å². The van der Waals surface area contributed by atoms with Gasteiger partial charge in [-0.25, -0.2) is 9.18 Å². The molecule has 0 bridgehead atoms. The predicted molar refractivity (Wildman–Crippen MR) is 39.3 cm³/mol. The lowest BCUT2D eigenvalue weighted by Gasteiger charge is -2.15. The molecule has 62 valence electrons. The number of benzene rings is 1. The minimum absolute atomic E-state index is 0.304. The first kappa shape index (κ1) is 7.09. The molecule has 0 atom stereocenters. The molecule has 0 saturated heterocycles. The quantitative estimate of drug-likeness (QED) is 0.634. The van der Waals surface area contributed by atoms with E-state index in [-0.39, 0.29) is 0 Å². The maximum Gasteiger partial charge on any atom is 0.412 e. The van der Waals surface area contributed by atoms with Gasteiger partial charge in [0.25, 0.3) is 0 Å². The van der Waals surface area contributed by atoms with Crippen molar-refractivity contribution in [3.8, 4) is 5.75 Å². The first-order valence-corrected chi connectivity index (χ1v) is 3.50. The highest BCUT2D eigenvalue weighted by Crippen LogP contribution is 2.22. The molecule has 1 aliphatic heterocycles. The van der Waals surface area contributed by atoms with E-state index in [1.165, 1.54) is 12.1 Å². The Morgan fingerprint density at radius 1 is 1.50 bits per heavy atom. The number of ether oxygens (including phenoxy) is 1. The van der Waals surface area contributed by atoms with Gasteiger partial charge in [0.2, 0.25) is 0 Å². The molecule has 0 radical (unpaired) electrons. The Balaban J connectivity index is 2.44. The van der Waals surface area contributed by atoms with Gasteiger partial charge in [0.15, 0.2) is 0 Å². The van der Waals surface area contributed by atoms with Gasteiger partial charge in [-0.15, -0.1) is 0 Å². The molecule has 1 N–H and O–H groups in total. The van der Waals surface area contributed by atoms with Gasteiger partial charge in [0.05, 0.1) is 0 Å².